The maximum atomic E-state index is 12.2. The van der Waals surface area contributed by atoms with Gasteiger partial charge in [0.15, 0.2) is 5.43 Å². The van der Waals surface area contributed by atoms with Crippen LogP contribution in [0.2, 0.25) is 0 Å². The van der Waals surface area contributed by atoms with E-state index in [-0.39, 0.29) is 11.0 Å². The number of carboxylic acids is 1. The average molecular weight is 305 g/mol. The third-order valence-corrected chi connectivity index (χ3v) is 3.77. The number of hydrogen-bond acceptors (Lipinski definition) is 2. The summed E-state index contributed by atoms with van der Waals surface area (Å²) in [5, 5.41) is 9.14. The number of aromatic carboxylic acids is 1. The summed E-state index contributed by atoms with van der Waals surface area (Å²) in [6.45, 7) is 6.35. The Morgan fingerprint density at radius 3 is 2.41 bits per heavy atom. The summed E-state index contributed by atoms with van der Waals surface area (Å²) in [6, 6.07) is 0. The quantitative estimate of drug-likeness (QED) is 0.496. The number of hydrogen-bond donors (Lipinski definition) is 1. The Balaban J connectivity index is 2.63. The molecule has 1 aromatic heterocycles. The van der Waals surface area contributed by atoms with Crippen LogP contribution in [0.4, 0.5) is 0 Å². The van der Waals surface area contributed by atoms with Gasteiger partial charge in [0.1, 0.15) is 5.56 Å². The number of carbonyl (C=O) groups is 1. The first-order valence-electron chi connectivity index (χ1n) is 8.17. The predicted molar refractivity (Wildman–Crippen MR) is 89.6 cm³/mol. The molecule has 0 saturated heterocycles. The minimum atomic E-state index is -1.16. The fourth-order valence-electron chi connectivity index (χ4n) is 2.55. The Labute approximate surface area is 132 Å². The van der Waals surface area contributed by atoms with Crippen LogP contribution >= 0.6 is 0 Å². The Morgan fingerprint density at radius 1 is 1.18 bits per heavy atom. The van der Waals surface area contributed by atoms with Crippen LogP contribution in [-0.2, 0) is 13.0 Å². The molecule has 1 heterocycles. The summed E-state index contributed by atoms with van der Waals surface area (Å²) >= 11 is 0. The van der Waals surface area contributed by atoms with Crippen molar-refractivity contribution in [3.05, 3.63) is 46.4 Å². The fourth-order valence-corrected chi connectivity index (χ4v) is 2.55. The van der Waals surface area contributed by atoms with Gasteiger partial charge in [-0.05, 0) is 12.8 Å². The molecular formula is C18H27NO3. The molecule has 0 fully saturated rings. The van der Waals surface area contributed by atoms with Crippen molar-refractivity contribution in [2.75, 3.05) is 0 Å². The van der Waals surface area contributed by atoms with E-state index in [1.54, 1.807) is 16.8 Å². The Morgan fingerprint density at radius 2 is 1.82 bits per heavy atom. The SMILES string of the molecule is C=CCn1cc(CCCCCCCCC)c(=O)c(C(=O)O)c1. The first-order valence-corrected chi connectivity index (χ1v) is 8.17. The molecule has 0 aliphatic heterocycles. The number of pyridine rings is 1. The number of unbranched alkanes of at least 4 members (excludes halogenated alkanes) is 6. The third-order valence-electron chi connectivity index (χ3n) is 3.77. The highest BCUT2D eigenvalue weighted by molar-refractivity contribution is 5.87. The number of carboxylic acid groups (broad SMARTS) is 1. The van der Waals surface area contributed by atoms with Crippen molar-refractivity contribution in [1.29, 1.82) is 0 Å². The second-order valence-corrected chi connectivity index (χ2v) is 5.69. The van der Waals surface area contributed by atoms with E-state index in [1.807, 2.05) is 0 Å². The van der Waals surface area contributed by atoms with Gasteiger partial charge in [0.2, 0.25) is 0 Å². The highest BCUT2D eigenvalue weighted by Gasteiger charge is 2.13. The molecule has 1 rings (SSSR count). The van der Waals surface area contributed by atoms with Crippen LogP contribution in [0.5, 0.6) is 0 Å². The minimum Gasteiger partial charge on any atom is -0.477 e. The molecule has 0 bridgehead atoms. The third kappa shape index (κ3) is 5.88. The highest BCUT2D eigenvalue weighted by Crippen LogP contribution is 2.10. The van der Waals surface area contributed by atoms with Crippen molar-refractivity contribution in [3.63, 3.8) is 0 Å². The van der Waals surface area contributed by atoms with Crippen LogP contribution in [0.3, 0.4) is 0 Å². The standard InChI is InChI=1S/C18H27NO3/c1-3-5-6-7-8-9-10-11-15-13-19(12-4-2)14-16(17(15)20)18(21)22/h4,13-14H,2-3,5-12H2,1H3,(H,21,22). The van der Waals surface area contributed by atoms with Crippen molar-refractivity contribution in [3.8, 4) is 0 Å². The van der Waals surface area contributed by atoms with Gasteiger partial charge in [-0.25, -0.2) is 4.79 Å². The van der Waals surface area contributed by atoms with E-state index < -0.39 is 5.97 Å². The molecule has 0 aliphatic rings. The smallest absolute Gasteiger partial charge is 0.341 e. The lowest BCUT2D eigenvalue weighted by molar-refractivity contribution is 0.0694. The summed E-state index contributed by atoms with van der Waals surface area (Å²) in [5.74, 6) is -1.16. The molecule has 0 aliphatic carbocycles. The van der Waals surface area contributed by atoms with E-state index in [2.05, 4.69) is 13.5 Å². The van der Waals surface area contributed by atoms with Gasteiger partial charge in [-0.1, -0.05) is 51.5 Å². The van der Waals surface area contributed by atoms with E-state index in [1.165, 1.54) is 38.3 Å². The van der Waals surface area contributed by atoms with Crippen LogP contribution in [0.15, 0.2) is 29.8 Å². The van der Waals surface area contributed by atoms with E-state index in [0.717, 1.165) is 12.8 Å². The van der Waals surface area contributed by atoms with Crippen molar-refractivity contribution in [2.45, 2.75) is 64.8 Å². The van der Waals surface area contributed by atoms with Crippen LogP contribution in [0, 0.1) is 0 Å². The number of rotatable bonds is 11. The van der Waals surface area contributed by atoms with E-state index in [4.69, 9.17) is 5.11 Å². The van der Waals surface area contributed by atoms with Crippen LogP contribution in [0.25, 0.3) is 0 Å². The molecule has 122 valence electrons. The summed E-state index contributed by atoms with van der Waals surface area (Å²) < 4.78 is 1.72. The second-order valence-electron chi connectivity index (χ2n) is 5.69. The molecule has 1 aromatic rings. The second kappa shape index (κ2) is 9.98. The predicted octanol–water partition coefficient (Wildman–Crippen LogP) is 4.03. The van der Waals surface area contributed by atoms with Gasteiger partial charge in [0, 0.05) is 24.5 Å². The largest absolute Gasteiger partial charge is 0.477 e. The van der Waals surface area contributed by atoms with Gasteiger partial charge in [-0.2, -0.15) is 0 Å². The molecule has 22 heavy (non-hydrogen) atoms. The molecule has 0 saturated carbocycles. The molecule has 4 nitrogen and oxygen atoms in total. The zero-order valence-electron chi connectivity index (χ0n) is 13.5. The van der Waals surface area contributed by atoms with Crippen LogP contribution in [-0.4, -0.2) is 15.6 Å². The fraction of sp³-hybridized carbons (Fsp3) is 0.556. The van der Waals surface area contributed by atoms with Crippen LogP contribution < -0.4 is 5.43 Å². The van der Waals surface area contributed by atoms with Gasteiger partial charge in [0.25, 0.3) is 0 Å². The highest BCUT2D eigenvalue weighted by atomic mass is 16.4. The maximum Gasteiger partial charge on any atom is 0.341 e. The zero-order chi connectivity index (χ0) is 16.4. The molecule has 0 amide bonds. The Kier molecular flexibility index (Phi) is 8.26. The minimum absolute atomic E-state index is 0.151. The molecule has 0 atom stereocenters. The van der Waals surface area contributed by atoms with E-state index in [9.17, 15) is 9.59 Å². The summed E-state index contributed by atoms with van der Waals surface area (Å²) in [5.41, 5.74) is 0.0939. The lowest BCUT2D eigenvalue weighted by Crippen LogP contribution is -2.21. The normalized spacial score (nSPS) is 10.6. The number of aryl methyl sites for hydroxylation is 1. The molecule has 0 aromatic carbocycles. The first kappa shape index (κ1) is 18.2. The average Bonchev–Trinajstić information content (AvgIpc) is 2.49. The van der Waals surface area contributed by atoms with Gasteiger partial charge >= 0.3 is 5.97 Å². The molecule has 0 radical (unpaired) electrons. The van der Waals surface area contributed by atoms with Crippen molar-refractivity contribution < 1.29 is 9.90 Å². The molecule has 0 spiro atoms. The number of aromatic nitrogens is 1. The van der Waals surface area contributed by atoms with Gasteiger partial charge in [0.05, 0.1) is 0 Å². The van der Waals surface area contributed by atoms with Gasteiger partial charge in [-0.15, -0.1) is 6.58 Å². The van der Waals surface area contributed by atoms with Crippen molar-refractivity contribution >= 4 is 5.97 Å². The molecule has 4 heteroatoms. The lowest BCUT2D eigenvalue weighted by Gasteiger charge is -2.09. The van der Waals surface area contributed by atoms with E-state index in [0.29, 0.717) is 18.5 Å². The van der Waals surface area contributed by atoms with Gasteiger partial charge < -0.3 is 9.67 Å². The number of nitrogens with zero attached hydrogens (tertiary/aromatic N) is 1. The van der Waals surface area contributed by atoms with Gasteiger partial charge in [-0.3, -0.25) is 4.79 Å². The summed E-state index contributed by atoms with van der Waals surface area (Å²) in [4.78, 5) is 23.3. The van der Waals surface area contributed by atoms with E-state index >= 15 is 0 Å². The maximum absolute atomic E-state index is 12.2. The summed E-state index contributed by atoms with van der Waals surface area (Å²) in [6.07, 6.45) is 13.7. The van der Waals surface area contributed by atoms with Crippen molar-refractivity contribution in [1.82, 2.24) is 4.57 Å². The first-order chi connectivity index (χ1) is 10.6. The van der Waals surface area contributed by atoms with Crippen molar-refractivity contribution in [2.24, 2.45) is 0 Å². The summed E-state index contributed by atoms with van der Waals surface area (Å²) in [7, 11) is 0. The Hall–Kier alpha value is -1.84. The molecular weight excluding hydrogens is 278 g/mol. The number of allylic oxidation sites excluding steroid dienone is 1. The Bertz CT molecular complexity index is 546. The molecule has 1 N–H and O–H groups in total. The zero-order valence-corrected chi connectivity index (χ0v) is 13.5. The van der Waals surface area contributed by atoms with Crippen LogP contribution in [0.1, 0.15) is 67.8 Å². The monoisotopic (exact) mass is 305 g/mol. The lowest BCUT2D eigenvalue weighted by atomic mass is 10.0. The topological polar surface area (TPSA) is 59.3 Å². The molecule has 0 unspecified atom stereocenters.